The molecule has 1 N–H and O–H groups in total. The number of nitrogens with one attached hydrogen (secondary N) is 1. The molecular formula is C28H23Cl3NNaO5. The van der Waals surface area contributed by atoms with Crippen LogP contribution in [0.2, 0.25) is 10.0 Å². The average molecular weight is 583 g/mol. The Balaban J connectivity index is 0.00000336. The molecule has 1 aliphatic heterocycles. The van der Waals surface area contributed by atoms with E-state index in [1.807, 2.05) is 12.1 Å². The normalized spacial score (nSPS) is 16.9. The number of aliphatic carboxylic acids is 1. The second-order valence-corrected chi connectivity index (χ2v) is 10.6. The zero-order chi connectivity index (χ0) is 26.1. The molecule has 1 saturated carbocycles. The second kappa shape index (κ2) is 12.5. The molecule has 3 aromatic rings. The van der Waals surface area contributed by atoms with E-state index in [2.05, 4.69) is 5.32 Å². The minimum Gasteiger partial charge on any atom is -0.549 e. The largest absolute Gasteiger partial charge is 1.00 e. The van der Waals surface area contributed by atoms with Crippen LogP contribution in [0.25, 0.3) is 0 Å². The van der Waals surface area contributed by atoms with Crippen LogP contribution >= 0.6 is 34.8 Å². The molecule has 3 aromatic carbocycles. The van der Waals surface area contributed by atoms with Gasteiger partial charge in [-0.3, -0.25) is 4.79 Å². The summed E-state index contributed by atoms with van der Waals surface area (Å²) in [7, 11) is 0. The van der Waals surface area contributed by atoms with Gasteiger partial charge in [-0.05, 0) is 73.2 Å². The van der Waals surface area contributed by atoms with Crippen molar-refractivity contribution in [3.05, 3.63) is 86.9 Å². The molecule has 1 amide bonds. The molecule has 2 aliphatic rings. The molecule has 5 rings (SSSR count). The Labute approximate surface area is 257 Å². The number of alkyl halides is 1. The van der Waals surface area contributed by atoms with Crippen LogP contribution in [0.4, 0.5) is 0 Å². The third kappa shape index (κ3) is 6.61. The molecule has 1 aliphatic carbocycles. The van der Waals surface area contributed by atoms with Crippen molar-refractivity contribution >= 4 is 46.7 Å². The van der Waals surface area contributed by atoms with Gasteiger partial charge in [-0.15, -0.1) is 0 Å². The Hall–Kier alpha value is -1.93. The Morgan fingerprint density at radius 3 is 2.37 bits per heavy atom. The number of benzene rings is 3. The molecule has 6 nitrogen and oxygen atoms in total. The van der Waals surface area contributed by atoms with Crippen molar-refractivity contribution in [3.8, 4) is 17.2 Å². The number of hydrogen-bond donors (Lipinski definition) is 1. The summed E-state index contributed by atoms with van der Waals surface area (Å²) in [4.78, 5) is 24.3. The van der Waals surface area contributed by atoms with E-state index in [-0.39, 0.29) is 48.0 Å². The van der Waals surface area contributed by atoms with Gasteiger partial charge in [0.25, 0.3) is 5.91 Å². The number of ether oxygens (including phenoxy) is 2. The molecule has 2 atom stereocenters. The minimum atomic E-state index is -1.14. The number of carboxylic acids is 1. The maximum atomic E-state index is 12.7. The Morgan fingerprint density at radius 1 is 1.05 bits per heavy atom. The summed E-state index contributed by atoms with van der Waals surface area (Å²) in [6, 6.07) is 15.5. The van der Waals surface area contributed by atoms with E-state index in [1.165, 1.54) is 0 Å². The van der Waals surface area contributed by atoms with E-state index in [1.54, 1.807) is 42.5 Å². The monoisotopic (exact) mass is 581 g/mol. The van der Waals surface area contributed by atoms with Crippen molar-refractivity contribution in [1.82, 2.24) is 5.32 Å². The van der Waals surface area contributed by atoms with Gasteiger partial charge in [-0.2, -0.15) is 0 Å². The summed E-state index contributed by atoms with van der Waals surface area (Å²) in [5.41, 5.74) is 2.11. The molecule has 10 heteroatoms. The molecule has 1 fully saturated rings. The van der Waals surface area contributed by atoms with Crippen LogP contribution in [-0.2, 0) is 11.2 Å². The van der Waals surface area contributed by atoms with E-state index in [4.69, 9.17) is 44.3 Å². The predicted molar refractivity (Wildman–Crippen MR) is 140 cm³/mol. The molecule has 0 aromatic heterocycles. The van der Waals surface area contributed by atoms with Crippen molar-refractivity contribution < 1.29 is 53.7 Å². The van der Waals surface area contributed by atoms with E-state index in [0.717, 1.165) is 24.0 Å². The fourth-order valence-corrected chi connectivity index (χ4v) is 5.16. The first-order valence-corrected chi connectivity index (χ1v) is 13.2. The maximum absolute atomic E-state index is 12.7. The SMILES string of the molecule is O=C(NC(Cl)Cc1ccc(Cl)cc1)c1ccc(Oc2c(Cl)cc3c(c2C2CC2)OCCC3C(=O)[O-])cc1.[Na+]. The van der Waals surface area contributed by atoms with E-state index in [0.29, 0.717) is 51.3 Å². The van der Waals surface area contributed by atoms with Crippen LogP contribution in [0.5, 0.6) is 17.2 Å². The van der Waals surface area contributed by atoms with Crippen molar-refractivity contribution in [2.24, 2.45) is 0 Å². The van der Waals surface area contributed by atoms with Crippen LogP contribution in [0.3, 0.4) is 0 Å². The first-order valence-electron chi connectivity index (χ1n) is 12.0. The van der Waals surface area contributed by atoms with Gasteiger partial charge < -0.3 is 24.7 Å². The van der Waals surface area contributed by atoms with Gasteiger partial charge in [0, 0.05) is 40.0 Å². The molecule has 0 spiro atoms. The number of amides is 1. The molecule has 1 heterocycles. The third-order valence-electron chi connectivity index (χ3n) is 6.50. The smallest absolute Gasteiger partial charge is 0.549 e. The van der Waals surface area contributed by atoms with Crippen LogP contribution in [0, 0.1) is 0 Å². The van der Waals surface area contributed by atoms with Crippen LogP contribution in [0.15, 0.2) is 54.6 Å². The van der Waals surface area contributed by atoms with Crippen molar-refractivity contribution in [2.75, 3.05) is 6.61 Å². The van der Waals surface area contributed by atoms with Crippen LogP contribution in [-0.4, -0.2) is 24.0 Å². The summed E-state index contributed by atoms with van der Waals surface area (Å²) < 4.78 is 12.1. The molecule has 2 unspecified atom stereocenters. The Morgan fingerprint density at radius 2 is 1.74 bits per heavy atom. The summed E-state index contributed by atoms with van der Waals surface area (Å²) in [5, 5.41) is 15.4. The predicted octanol–water partition coefficient (Wildman–Crippen LogP) is 2.82. The maximum Gasteiger partial charge on any atom is 1.00 e. The fraction of sp³-hybridized carbons (Fsp3) is 0.286. The van der Waals surface area contributed by atoms with Gasteiger partial charge >= 0.3 is 29.6 Å². The van der Waals surface area contributed by atoms with Crippen molar-refractivity contribution in [3.63, 3.8) is 0 Å². The molecule has 38 heavy (non-hydrogen) atoms. The van der Waals surface area contributed by atoms with Crippen LogP contribution < -0.4 is 49.5 Å². The number of carbonyl (C=O) groups is 2. The van der Waals surface area contributed by atoms with Crippen LogP contribution in [0.1, 0.15) is 58.1 Å². The number of fused-ring (bicyclic) bond motifs is 1. The summed E-state index contributed by atoms with van der Waals surface area (Å²) in [5.74, 6) is -0.568. The summed E-state index contributed by atoms with van der Waals surface area (Å²) in [6.45, 7) is 0.288. The van der Waals surface area contributed by atoms with Gasteiger partial charge in [0.05, 0.1) is 11.6 Å². The Kier molecular flexibility index (Phi) is 9.56. The molecule has 0 bridgehead atoms. The topological polar surface area (TPSA) is 87.7 Å². The molecule has 192 valence electrons. The van der Waals surface area contributed by atoms with Gasteiger partial charge in [0.2, 0.25) is 0 Å². The first kappa shape index (κ1) is 29.1. The van der Waals surface area contributed by atoms with Gasteiger partial charge in [0.15, 0.2) is 5.75 Å². The van der Waals surface area contributed by atoms with E-state index in [9.17, 15) is 14.7 Å². The summed E-state index contributed by atoms with van der Waals surface area (Å²) >= 11 is 18.8. The van der Waals surface area contributed by atoms with Gasteiger partial charge in [0.1, 0.15) is 17.0 Å². The number of carboxylic acid groups (broad SMARTS) is 1. The quantitative estimate of drug-likeness (QED) is 0.251. The Bertz CT molecular complexity index is 1330. The third-order valence-corrected chi connectivity index (χ3v) is 7.30. The molecular weight excluding hydrogens is 560 g/mol. The van der Waals surface area contributed by atoms with Gasteiger partial charge in [-0.25, -0.2) is 0 Å². The number of carbonyl (C=O) groups excluding carboxylic acids is 2. The first-order chi connectivity index (χ1) is 17.8. The summed E-state index contributed by atoms with van der Waals surface area (Å²) in [6.07, 6.45) is 2.67. The zero-order valence-corrected chi connectivity index (χ0v) is 24.9. The standard InChI is InChI=1S/C28H24Cl3NO5.Na/c29-18-7-1-15(2-8-18)13-23(31)32-27(33)17-5-9-19(10-6-17)37-26-22(30)14-21-20(28(34)35)11-12-36-25(21)24(26)16-3-4-16;/h1-2,5-10,14,16,20,23H,3-4,11-13H2,(H,32,33)(H,34,35);/q;+1/p-1. The molecule has 0 radical (unpaired) electrons. The minimum absolute atomic E-state index is 0. The van der Waals surface area contributed by atoms with Crippen molar-refractivity contribution in [2.45, 2.75) is 43.0 Å². The fourth-order valence-electron chi connectivity index (χ4n) is 4.50. The zero-order valence-electron chi connectivity index (χ0n) is 20.6. The number of hydrogen-bond acceptors (Lipinski definition) is 5. The number of rotatable bonds is 8. The number of halogens is 3. The van der Waals surface area contributed by atoms with E-state index < -0.39 is 17.4 Å². The van der Waals surface area contributed by atoms with E-state index >= 15 is 0 Å². The van der Waals surface area contributed by atoms with Gasteiger partial charge in [-0.1, -0.05) is 46.9 Å². The molecule has 0 saturated heterocycles. The van der Waals surface area contributed by atoms with Crippen molar-refractivity contribution in [1.29, 1.82) is 0 Å². The second-order valence-electron chi connectivity index (χ2n) is 9.20. The average Bonchev–Trinajstić information content (AvgIpc) is 3.71.